The van der Waals surface area contributed by atoms with Crippen LogP contribution >= 0.6 is 14.3 Å². The molecule has 0 bridgehead atoms. The molecule has 0 atom stereocenters. The summed E-state index contributed by atoms with van der Waals surface area (Å²) in [4.78, 5) is 0. The highest BCUT2D eigenvalue weighted by atomic mass is 31.2. The number of ether oxygens (including phenoxy) is 10. The van der Waals surface area contributed by atoms with E-state index in [2.05, 4.69) is 107 Å². The second kappa shape index (κ2) is 37.1. The first-order valence-electron chi connectivity index (χ1n) is 39.9. The number of benzene rings is 14. The first kappa shape index (κ1) is 82.5. The van der Waals surface area contributed by atoms with E-state index < -0.39 is 14.3 Å². The number of hydrogen-bond acceptors (Lipinski definition) is 12. The van der Waals surface area contributed by atoms with Gasteiger partial charge in [-0.05, 0) is 242 Å². The second-order valence-corrected chi connectivity index (χ2v) is 35.9. The molecule has 0 unspecified atom stereocenters. The van der Waals surface area contributed by atoms with E-state index in [-0.39, 0.29) is 25.2 Å². The molecule has 0 aliphatic rings. The molecule has 0 aliphatic carbocycles. The normalized spacial score (nSPS) is 11.4. The topological polar surface area (TPSA) is 126 Å². The van der Waals surface area contributed by atoms with E-state index in [1.165, 1.54) is 11.1 Å². The summed E-state index contributed by atoms with van der Waals surface area (Å²) in [5.74, 6) is 9.71. The molecular formula is C105H98O12P2. The Bertz CT molecular complexity index is 5830. The van der Waals surface area contributed by atoms with Gasteiger partial charge < -0.3 is 56.5 Å². The minimum Gasteiger partial charge on any atom is -0.490 e. The predicted octanol–water partition coefficient (Wildman–Crippen LogP) is 24.4. The molecule has 0 spiro atoms. The molecule has 0 saturated heterocycles. The lowest BCUT2D eigenvalue weighted by molar-refractivity contribution is 0.301. The summed E-state index contributed by atoms with van der Waals surface area (Å²) in [5.41, 5.74) is 13.9. The zero-order chi connectivity index (χ0) is 83.2. The van der Waals surface area contributed by atoms with Gasteiger partial charge in [-0.15, -0.1) is 0 Å². The summed E-state index contributed by atoms with van der Waals surface area (Å²) >= 11 is 0. The summed E-state index contributed by atoms with van der Waals surface area (Å²) in [6.07, 6.45) is 3.36. The lowest BCUT2D eigenvalue weighted by Gasteiger charge is -2.29. The van der Waals surface area contributed by atoms with Crippen molar-refractivity contribution in [2.24, 2.45) is 0 Å². The average Bonchev–Trinajstić information content (AvgIpc) is 0.763. The zero-order valence-corrected chi connectivity index (χ0v) is 70.8. The van der Waals surface area contributed by atoms with Crippen molar-refractivity contribution in [1.29, 1.82) is 0 Å². The zero-order valence-electron chi connectivity index (χ0n) is 69.0. The maximum absolute atomic E-state index is 15.5. The largest absolute Gasteiger partial charge is 0.490 e. The van der Waals surface area contributed by atoms with Crippen molar-refractivity contribution in [3.05, 3.63) is 407 Å². The molecule has 0 fully saturated rings. The van der Waals surface area contributed by atoms with Crippen LogP contribution in [0.3, 0.4) is 0 Å². The monoisotopic (exact) mass is 1610 g/mol. The molecule has 119 heavy (non-hydrogen) atoms. The van der Waals surface area contributed by atoms with E-state index in [4.69, 9.17) is 47.4 Å². The van der Waals surface area contributed by atoms with Gasteiger partial charge in [-0.1, -0.05) is 233 Å². The summed E-state index contributed by atoms with van der Waals surface area (Å²) in [6.45, 7) is 30.7. The van der Waals surface area contributed by atoms with Crippen LogP contribution in [0.2, 0.25) is 0 Å². The van der Waals surface area contributed by atoms with Gasteiger partial charge in [-0.25, -0.2) is 0 Å². The average molecular weight is 1610 g/mol. The van der Waals surface area contributed by atoms with Crippen LogP contribution in [0.15, 0.2) is 329 Å². The van der Waals surface area contributed by atoms with Crippen LogP contribution in [-0.2, 0) is 41.0 Å². The van der Waals surface area contributed by atoms with Gasteiger partial charge in [0, 0.05) is 26.6 Å². The standard InChI is InChI=1S/C105H98O12P2/c1-13-55-108-89-51-54-98(100(65-89)119(107,95-31-23-17-24-32-95)96-33-25-18-26-34-96)111-68-80-37-45-86(46-38-80)115-88-49-41-82(42-50-88)70-113-102-77(9)63-92(64-78(102)10)117-104-73(5)59-84(60-74(104)6)105(11,12)83-57-71(3)103(72(4)58-83)116-91-61-75(7)101(76(8)62-91)112-69-81-39-47-87(48-40-81)114-85-43-35-79(36-44-85)67-110-90-52-53-97(109-56-14-2)99(66-90)118(106,93-27-19-15-20-28-93)94-29-21-16-22-30-94/h13-54,57-66H,1-2,55-56,67-70H2,3-12H3. The number of rotatable bonds is 34. The van der Waals surface area contributed by atoms with E-state index in [0.717, 1.165) is 101 Å². The van der Waals surface area contributed by atoms with Crippen LogP contribution in [0.5, 0.6) is 80.5 Å². The van der Waals surface area contributed by atoms with Gasteiger partial charge in [-0.3, -0.25) is 0 Å². The van der Waals surface area contributed by atoms with E-state index in [1.54, 1.807) is 12.2 Å². The highest BCUT2D eigenvalue weighted by Crippen LogP contribution is 2.49. The maximum Gasteiger partial charge on any atom is 0.174 e. The first-order chi connectivity index (χ1) is 57.6. The minimum absolute atomic E-state index is 0.238. The molecule has 0 heterocycles. The van der Waals surface area contributed by atoms with Gasteiger partial charge >= 0.3 is 0 Å². The molecule has 14 rings (SSSR count). The van der Waals surface area contributed by atoms with Crippen LogP contribution in [0, 0.1) is 55.4 Å². The molecule has 12 nitrogen and oxygen atoms in total. The van der Waals surface area contributed by atoms with Gasteiger partial charge in [-0.2, -0.15) is 0 Å². The molecule has 0 aliphatic heterocycles. The van der Waals surface area contributed by atoms with Crippen molar-refractivity contribution in [1.82, 2.24) is 0 Å². The van der Waals surface area contributed by atoms with Crippen LogP contribution in [0.1, 0.15) is 91.7 Å². The summed E-state index contributed by atoms with van der Waals surface area (Å²) in [6, 6.07) is 97.7. The molecule has 0 amide bonds. The van der Waals surface area contributed by atoms with Gasteiger partial charge in [0.2, 0.25) is 0 Å². The Hall–Kier alpha value is -13.0. The minimum atomic E-state index is -3.40. The lowest BCUT2D eigenvalue weighted by Crippen LogP contribution is -2.26. The Balaban J connectivity index is 0.547. The fraction of sp³-hybridized carbons (Fsp3) is 0.162. The Kier molecular flexibility index (Phi) is 25.7. The summed E-state index contributed by atoms with van der Waals surface area (Å²) in [7, 11) is -6.77. The smallest absolute Gasteiger partial charge is 0.174 e. The number of aryl methyl sites for hydroxylation is 8. The Morgan fingerprint density at radius 2 is 0.538 bits per heavy atom. The second-order valence-electron chi connectivity index (χ2n) is 30.4. The third kappa shape index (κ3) is 19.2. The van der Waals surface area contributed by atoms with Crippen LogP contribution < -0.4 is 79.2 Å². The van der Waals surface area contributed by atoms with Crippen molar-refractivity contribution < 1.29 is 56.5 Å². The molecule has 0 aromatic heterocycles. The van der Waals surface area contributed by atoms with E-state index in [1.807, 2.05) is 279 Å². The fourth-order valence-corrected chi connectivity index (χ4v) is 20.5. The summed E-state index contributed by atoms with van der Waals surface area (Å²) in [5, 5.41) is 3.92. The molecule has 0 saturated carbocycles. The van der Waals surface area contributed by atoms with Crippen molar-refractivity contribution in [2.45, 2.75) is 101 Å². The molecule has 600 valence electrons. The van der Waals surface area contributed by atoms with E-state index in [9.17, 15) is 0 Å². The van der Waals surface area contributed by atoms with Crippen molar-refractivity contribution in [3.63, 3.8) is 0 Å². The Labute approximate surface area is 699 Å². The fourth-order valence-electron chi connectivity index (χ4n) is 14.9. The molecule has 14 aromatic rings. The van der Waals surface area contributed by atoms with Gasteiger partial charge in [0.15, 0.2) is 14.3 Å². The summed E-state index contributed by atoms with van der Waals surface area (Å²) < 4.78 is 94.9. The SMILES string of the molecule is C=CCOc1ccc(OCc2ccc(Oc3ccc(COc4c(C)cc(Oc5c(C)cc(C(C)(C)c6cc(C)c(Oc7cc(C)c(OCc8ccc(Oc9ccc(COc%10ccc(OCC=C)c(P(=O)(c%11ccccc%11)c%11ccccc%11)c%10)cc9)cc8)c(C)c7)c(C)c6)cc5C)cc4C)cc3)cc2)c(P(=O)(c2ccccc2)c2ccccc2)c1. The molecule has 0 radical (unpaired) electrons. The highest BCUT2D eigenvalue weighted by molar-refractivity contribution is 7.86. The van der Waals surface area contributed by atoms with Crippen LogP contribution in [-0.4, -0.2) is 13.2 Å². The Morgan fingerprint density at radius 1 is 0.269 bits per heavy atom. The third-order valence-corrected chi connectivity index (χ3v) is 27.3. The molecular weight excluding hydrogens is 1520 g/mol. The van der Waals surface area contributed by atoms with Crippen LogP contribution in [0.25, 0.3) is 0 Å². The maximum atomic E-state index is 15.5. The van der Waals surface area contributed by atoms with Gasteiger partial charge in [0.25, 0.3) is 0 Å². The highest BCUT2D eigenvalue weighted by Gasteiger charge is 2.36. The lowest BCUT2D eigenvalue weighted by atomic mass is 9.76. The van der Waals surface area contributed by atoms with Crippen LogP contribution in [0.4, 0.5) is 0 Å². The Morgan fingerprint density at radius 3 is 0.857 bits per heavy atom. The molecule has 14 aromatic carbocycles. The van der Waals surface area contributed by atoms with Crippen molar-refractivity contribution in [2.75, 3.05) is 13.2 Å². The molecule has 0 N–H and O–H groups in total. The molecule has 14 heteroatoms. The van der Waals surface area contributed by atoms with E-state index in [0.29, 0.717) is 97.6 Å². The van der Waals surface area contributed by atoms with Crippen molar-refractivity contribution in [3.8, 4) is 80.5 Å². The number of hydrogen-bond donors (Lipinski definition) is 0. The first-order valence-corrected chi connectivity index (χ1v) is 43.3. The predicted molar refractivity (Wildman–Crippen MR) is 482 cm³/mol. The van der Waals surface area contributed by atoms with Gasteiger partial charge in [0.1, 0.15) is 120 Å². The third-order valence-electron chi connectivity index (χ3n) is 21.1. The van der Waals surface area contributed by atoms with Gasteiger partial charge in [0.05, 0.1) is 10.6 Å². The van der Waals surface area contributed by atoms with Crippen molar-refractivity contribution >= 4 is 46.1 Å². The van der Waals surface area contributed by atoms with E-state index >= 15 is 9.13 Å². The quantitative estimate of drug-likeness (QED) is 0.0281.